The molecular weight excluding hydrogens is 272 g/mol. The Morgan fingerprint density at radius 3 is 2.38 bits per heavy atom. The molecule has 0 aromatic carbocycles. The number of carbonyl (C=O) groups is 2. The van der Waals surface area contributed by atoms with Gasteiger partial charge in [0.1, 0.15) is 11.8 Å². The topological polar surface area (TPSA) is 86.5 Å². The van der Waals surface area contributed by atoms with Crippen molar-refractivity contribution in [2.45, 2.75) is 26.3 Å². The number of urea groups is 1. The summed E-state index contributed by atoms with van der Waals surface area (Å²) in [7, 11) is 3.09. The molecule has 7 heteroatoms. The molecule has 21 heavy (non-hydrogen) atoms. The van der Waals surface area contributed by atoms with Crippen molar-refractivity contribution in [3.05, 3.63) is 23.9 Å². The van der Waals surface area contributed by atoms with Crippen LogP contribution in [0.25, 0.3) is 0 Å². The third-order valence-corrected chi connectivity index (χ3v) is 2.46. The molecule has 0 radical (unpaired) electrons. The highest BCUT2D eigenvalue weighted by Crippen LogP contribution is 2.18. The van der Waals surface area contributed by atoms with E-state index in [-0.39, 0.29) is 11.6 Å². The van der Waals surface area contributed by atoms with Gasteiger partial charge in [-0.2, -0.15) is 5.26 Å². The average Bonchev–Trinajstić information content (AvgIpc) is 2.37. The van der Waals surface area contributed by atoms with Gasteiger partial charge in [0.05, 0.1) is 0 Å². The van der Waals surface area contributed by atoms with Crippen molar-refractivity contribution >= 4 is 12.1 Å². The van der Waals surface area contributed by atoms with Crippen LogP contribution in [0, 0.1) is 11.3 Å². The first-order valence-electron chi connectivity index (χ1n) is 6.27. The Balaban J connectivity index is 3.02. The van der Waals surface area contributed by atoms with Crippen LogP contribution in [-0.4, -0.2) is 46.5 Å². The van der Waals surface area contributed by atoms with Gasteiger partial charge < -0.3 is 9.64 Å². The molecule has 1 rings (SSSR count). The summed E-state index contributed by atoms with van der Waals surface area (Å²) in [6.45, 7) is 5.15. The Bertz CT molecular complexity index is 585. The molecule has 0 unspecified atom stereocenters. The highest BCUT2D eigenvalue weighted by Gasteiger charge is 2.35. The number of aromatic nitrogens is 1. The maximum Gasteiger partial charge on any atom is 0.425 e. The monoisotopic (exact) mass is 290 g/mol. The van der Waals surface area contributed by atoms with Gasteiger partial charge in [0.2, 0.25) is 5.88 Å². The fraction of sp³-hybridized carbons (Fsp3) is 0.429. The van der Waals surface area contributed by atoms with Crippen molar-refractivity contribution in [1.82, 2.24) is 14.8 Å². The maximum absolute atomic E-state index is 12.2. The zero-order chi connectivity index (χ0) is 16.2. The predicted octanol–water partition coefficient (Wildman–Crippen LogP) is 2.23. The first-order chi connectivity index (χ1) is 9.66. The summed E-state index contributed by atoms with van der Waals surface area (Å²) in [5, 5.41) is 8.77. The van der Waals surface area contributed by atoms with Crippen LogP contribution in [0.2, 0.25) is 0 Å². The number of hydrogen-bond donors (Lipinski definition) is 0. The largest absolute Gasteiger partial charge is 0.425 e. The van der Waals surface area contributed by atoms with Crippen molar-refractivity contribution in [3.8, 4) is 11.9 Å². The molecule has 3 amide bonds. The number of hydrogen-bond acceptors (Lipinski definition) is 5. The van der Waals surface area contributed by atoms with Crippen molar-refractivity contribution < 1.29 is 14.3 Å². The van der Waals surface area contributed by atoms with Gasteiger partial charge >= 0.3 is 12.1 Å². The van der Waals surface area contributed by atoms with Gasteiger partial charge in [-0.25, -0.2) is 19.5 Å². The fourth-order valence-corrected chi connectivity index (χ4v) is 1.51. The number of carbonyl (C=O) groups excluding carboxylic acids is 2. The minimum absolute atomic E-state index is 0.0279. The first kappa shape index (κ1) is 16.4. The molecule has 0 N–H and O–H groups in total. The molecule has 1 aromatic heterocycles. The normalized spacial score (nSPS) is 10.5. The van der Waals surface area contributed by atoms with Gasteiger partial charge in [-0.3, -0.25) is 0 Å². The number of ether oxygens (including phenoxy) is 1. The van der Waals surface area contributed by atoms with Crippen molar-refractivity contribution in [3.63, 3.8) is 0 Å². The lowest BCUT2D eigenvalue weighted by Crippen LogP contribution is -2.54. The van der Waals surface area contributed by atoms with E-state index in [0.717, 1.165) is 4.90 Å². The second-order valence-corrected chi connectivity index (χ2v) is 5.52. The number of pyridine rings is 1. The zero-order valence-electron chi connectivity index (χ0n) is 12.7. The molecular formula is C14H18N4O3. The van der Waals surface area contributed by atoms with Gasteiger partial charge in [-0.15, -0.1) is 0 Å². The SMILES string of the molecule is CN(C)C(=O)N(C(=O)Oc1cccc(C#N)n1)C(C)(C)C. The molecule has 0 spiro atoms. The van der Waals surface area contributed by atoms with Crippen molar-refractivity contribution in [2.75, 3.05) is 14.1 Å². The molecule has 7 nitrogen and oxygen atoms in total. The van der Waals surface area contributed by atoms with Crippen LogP contribution in [0.1, 0.15) is 26.5 Å². The molecule has 0 aliphatic carbocycles. The van der Waals surface area contributed by atoms with E-state index in [1.807, 2.05) is 6.07 Å². The molecule has 0 aliphatic heterocycles. The second-order valence-electron chi connectivity index (χ2n) is 5.52. The van der Waals surface area contributed by atoms with Gasteiger partial charge in [-0.05, 0) is 26.8 Å². The number of nitriles is 1. The van der Waals surface area contributed by atoms with Crippen LogP contribution in [0.3, 0.4) is 0 Å². The fourth-order valence-electron chi connectivity index (χ4n) is 1.51. The van der Waals surface area contributed by atoms with E-state index in [0.29, 0.717) is 0 Å². The lowest BCUT2D eigenvalue weighted by atomic mass is 10.1. The number of imide groups is 1. The van der Waals surface area contributed by atoms with Crippen molar-refractivity contribution in [2.24, 2.45) is 0 Å². The Labute approximate surface area is 123 Å². The van der Waals surface area contributed by atoms with Crippen LogP contribution in [0.4, 0.5) is 9.59 Å². The van der Waals surface area contributed by atoms with Crippen LogP contribution in [0.15, 0.2) is 18.2 Å². The Morgan fingerprint density at radius 1 is 1.29 bits per heavy atom. The zero-order valence-corrected chi connectivity index (χ0v) is 12.7. The van der Waals surface area contributed by atoms with Crippen LogP contribution in [0.5, 0.6) is 5.88 Å². The minimum atomic E-state index is -0.844. The predicted molar refractivity (Wildman–Crippen MR) is 75.7 cm³/mol. The van der Waals surface area contributed by atoms with Gasteiger partial charge in [-0.1, -0.05) is 6.07 Å². The smallest absolute Gasteiger partial charge is 0.391 e. The number of amides is 3. The van der Waals surface area contributed by atoms with Crippen LogP contribution >= 0.6 is 0 Å². The summed E-state index contributed by atoms with van der Waals surface area (Å²) in [6, 6.07) is 5.83. The Morgan fingerprint density at radius 2 is 1.90 bits per heavy atom. The third-order valence-electron chi connectivity index (χ3n) is 2.46. The summed E-state index contributed by atoms with van der Waals surface area (Å²) in [5.41, 5.74) is -0.632. The highest BCUT2D eigenvalue weighted by atomic mass is 16.6. The summed E-state index contributed by atoms with van der Waals surface area (Å²) in [6.07, 6.45) is -0.844. The molecule has 0 saturated heterocycles. The van der Waals surface area contributed by atoms with Crippen LogP contribution in [-0.2, 0) is 0 Å². The maximum atomic E-state index is 12.2. The molecule has 0 aliphatic rings. The highest BCUT2D eigenvalue weighted by molar-refractivity contribution is 5.92. The Kier molecular flexibility index (Phi) is 4.87. The summed E-state index contributed by atoms with van der Waals surface area (Å²) in [5.74, 6) is -0.0279. The average molecular weight is 290 g/mol. The third kappa shape index (κ3) is 4.18. The quantitative estimate of drug-likeness (QED) is 0.791. The van der Waals surface area contributed by atoms with Gasteiger partial charge in [0.15, 0.2) is 0 Å². The van der Waals surface area contributed by atoms with Gasteiger partial charge in [0.25, 0.3) is 0 Å². The summed E-state index contributed by atoms with van der Waals surface area (Å²) >= 11 is 0. The van der Waals surface area contributed by atoms with E-state index in [2.05, 4.69) is 4.98 Å². The molecule has 112 valence electrons. The van der Waals surface area contributed by atoms with Crippen molar-refractivity contribution in [1.29, 1.82) is 5.26 Å². The standard InChI is InChI=1S/C14H18N4O3/c1-14(2,3)18(12(19)17(4)5)13(20)21-11-8-6-7-10(9-15)16-11/h6-8H,1-5H3. The molecule has 1 aromatic rings. The lowest BCUT2D eigenvalue weighted by Gasteiger charge is -2.34. The Hall–Kier alpha value is -2.62. The first-order valence-corrected chi connectivity index (χ1v) is 6.27. The van der Waals surface area contributed by atoms with E-state index in [9.17, 15) is 9.59 Å². The molecule has 0 fully saturated rings. The molecule has 0 bridgehead atoms. The molecule has 1 heterocycles. The second kappa shape index (κ2) is 6.22. The number of rotatable bonds is 1. The van der Waals surface area contributed by atoms with Gasteiger partial charge in [0, 0.05) is 25.7 Å². The van der Waals surface area contributed by atoms with Crippen LogP contribution < -0.4 is 4.74 Å². The minimum Gasteiger partial charge on any atom is -0.391 e. The van der Waals surface area contributed by atoms with E-state index < -0.39 is 17.7 Å². The van der Waals surface area contributed by atoms with E-state index in [1.165, 1.54) is 17.0 Å². The summed E-state index contributed by atoms with van der Waals surface area (Å²) in [4.78, 5) is 30.5. The molecule has 0 saturated carbocycles. The summed E-state index contributed by atoms with van der Waals surface area (Å²) < 4.78 is 5.09. The molecule has 0 atom stereocenters. The number of nitrogens with zero attached hydrogens (tertiary/aromatic N) is 4. The van der Waals surface area contributed by atoms with E-state index in [1.54, 1.807) is 40.9 Å². The van der Waals surface area contributed by atoms with E-state index >= 15 is 0 Å². The van der Waals surface area contributed by atoms with E-state index in [4.69, 9.17) is 10.00 Å². The lowest BCUT2D eigenvalue weighted by molar-refractivity contribution is 0.105.